The number of nitrogens with one attached hydrogen (secondary N) is 2. The van der Waals surface area contributed by atoms with Crippen molar-refractivity contribution in [2.45, 2.75) is 25.4 Å². The average molecular weight is 534 g/mol. The highest BCUT2D eigenvalue weighted by Gasteiger charge is 2.14. The largest absolute Gasteiger partial charge is 0.399 e. The van der Waals surface area contributed by atoms with Crippen LogP contribution in [0.1, 0.15) is 35.6 Å². The zero-order chi connectivity index (χ0) is 27.9. The zero-order valence-electron chi connectivity index (χ0n) is 23.1. The summed E-state index contributed by atoms with van der Waals surface area (Å²) in [6, 6.07) is 42.7. The predicted molar refractivity (Wildman–Crippen MR) is 172 cm³/mol. The molecular weight excluding hydrogens is 498 g/mol. The topological polar surface area (TPSA) is 53.8 Å². The van der Waals surface area contributed by atoms with Gasteiger partial charge in [0, 0.05) is 24.1 Å². The molecule has 1 atom stereocenters. The van der Waals surface area contributed by atoms with Crippen LogP contribution in [0.15, 0.2) is 157 Å². The summed E-state index contributed by atoms with van der Waals surface area (Å²) in [7, 11) is 0. The van der Waals surface area contributed by atoms with Crippen LogP contribution >= 0.6 is 0 Å². The molecule has 1 aliphatic rings. The molecule has 1 unspecified atom stereocenters. The molecule has 3 heteroatoms. The highest BCUT2D eigenvalue weighted by atomic mass is 14.9. The summed E-state index contributed by atoms with van der Waals surface area (Å²) in [5.74, 6) is 0. The molecule has 0 spiro atoms. The third kappa shape index (κ3) is 6.49. The Bertz CT molecular complexity index is 1640. The highest BCUT2D eigenvalue weighted by molar-refractivity contribution is 5.72. The zero-order valence-corrected chi connectivity index (χ0v) is 23.1. The molecule has 4 aromatic carbocycles. The highest BCUT2D eigenvalue weighted by Crippen LogP contribution is 2.31. The molecule has 5 aromatic rings. The Morgan fingerprint density at radius 2 is 1.34 bits per heavy atom. The van der Waals surface area contributed by atoms with E-state index in [9.17, 15) is 0 Å². The lowest BCUT2D eigenvalue weighted by Gasteiger charge is -2.20. The van der Waals surface area contributed by atoms with E-state index in [0.29, 0.717) is 0 Å². The fourth-order valence-electron chi connectivity index (χ4n) is 5.39. The number of aromatic nitrogens is 1. The molecule has 0 bridgehead atoms. The minimum atomic E-state index is 0.0109. The van der Waals surface area contributed by atoms with E-state index >= 15 is 0 Å². The van der Waals surface area contributed by atoms with Gasteiger partial charge in [-0.2, -0.15) is 0 Å². The first-order chi connectivity index (χ1) is 20.2. The van der Waals surface area contributed by atoms with Gasteiger partial charge in [-0.1, -0.05) is 121 Å². The van der Waals surface area contributed by atoms with E-state index in [-0.39, 0.29) is 6.04 Å². The lowest BCUT2D eigenvalue weighted by molar-refractivity contribution is 0.617. The normalized spacial score (nSPS) is 14.3. The molecule has 0 saturated heterocycles. The maximum absolute atomic E-state index is 6.72. The third-order valence-corrected chi connectivity index (χ3v) is 7.78. The van der Waals surface area contributed by atoms with Gasteiger partial charge in [0.25, 0.3) is 0 Å². The summed E-state index contributed by atoms with van der Waals surface area (Å²) in [5, 5.41) is 3.73. The standard InChI is InChI=1S/C38H35N3/c39-36(33-21-17-31(18-22-33)32-19-23-35(24-20-32)37-12-7-25-40-37)26-38(34-10-5-2-6-11-34)41-27-28-13-15-30(16-14-28)29-8-3-1-4-9-29/h1-17,19-21,23-26,38,40-41H,18,22,27,39H2/b36-26-. The molecule has 0 saturated carbocycles. The van der Waals surface area contributed by atoms with Gasteiger partial charge >= 0.3 is 0 Å². The van der Waals surface area contributed by atoms with Crippen LogP contribution in [0.4, 0.5) is 0 Å². The van der Waals surface area contributed by atoms with Gasteiger partial charge in [-0.05, 0) is 75.6 Å². The van der Waals surface area contributed by atoms with Crippen molar-refractivity contribution < 1.29 is 0 Å². The summed E-state index contributed by atoms with van der Waals surface area (Å²) in [5.41, 5.74) is 18.6. The summed E-state index contributed by atoms with van der Waals surface area (Å²) in [6.07, 6.45) is 10.4. The lowest BCUT2D eigenvalue weighted by atomic mass is 9.90. The van der Waals surface area contributed by atoms with E-state index in [2.05, 4.69) is 138 Å². The molecule has 1 heterocycles. The van der Waals surface area contributed by atoms with Crippen LogP contribution in [-0.2, 0) is 6.54 Å². The number of nitrogens with two attached hydrogens (primary N) is 1. The lowest BCUT2D eigenvalue weighted by Crippen LogP contribution is -2.21. The fraction of sp³-hybridized carbons (Fsp3) is 0.105. The molecule has 0 fully saturated rings. The van der Waals surface area contributed by atoms with Crippen LogP contribution in [0.2, 0.25) is 0 Å². The second kappa shape index (κ2) is 12.5. The molecule has 4 N–H and O–H groups in total. The SMILES string of the molecule is N/C(=C\C(NCc1ccc(-c2ccccc2)cc1)c1ccccc1)C1=CC=C(c2ccc(-c3ccc[nH]3)cc2)CC1. The van der Waals surface area contributed by atoms with Gasteiger partial charge < -0.3 is 16.0 Å². The average Bonchev–Trinajstić information content (AvgIpc) is 3.60. The molecule has 202 valence electrons. The molecule has 0 radical (unpaired) electrons. The Balaban J connectivity index is 1.16. The number of rotatable bonds is 9. The van der Waals surface area contributed by atoms with Crippen molar-refractivity contribution in [1.29, 1.82) is 0 Å². The van der Waals surface area contributed by atoms with Crippen LogP contribution < -0.4 is 11.1 Å². The van der Waals surface area contributed by atoms with Crippen LogP contribution in [0.5, 0.6) is 0 Å². The first kappa shape index (κ1) is 26.4. The van der Waals surface area contributed by atoms with E-state index in [1.54, 1.807) is 0 Å². The number of benzene rings is 4. The van der Waals surface area contributed by atoms with Crippen molar-refractivity contribution >= 4 is 5.57 Å². The molecule has 6 rings (SSSR count). The van der Waals surface area contributed by atoms with Crippen LogP contribution in [0.25, 0.3) is 28.0 Å². The van der Waals surface area contributed by atoms with Gasteiger partial charge in [0.05, 0.1) is 6.04 Å². The molecule has 3 nitrogen and oxygen atoms in total. The van der Waals surface area contributed by atoms with Gasteiger partial charge in [0.2, 0.25) is 0 Å². The van der Waals surface area contributed by atoms with Crippen molar-refractivity contribution in [2.75, 3.05) is 0 Å². The number of hydrogen-bond donors (Lipinski definition) is 3. The van der Waals surface area contributed by atoms with Gasteiger partial charge in [0.15, 0.2) is 0 Å². The summed E-state index contributed by atoms with van der Waals surface area (Å²) >= 11 is 0. The predicted octanol–water partition coefficient (Wildman–Crippen LogP) is 8.83. The van der Waals surface area contributed by atoms with Gasteiger partial charge in [-0.3, -0.25) is 0 Å². The molecule has 0 aliphatic heterocycles. The molecule has 0 amide bonds. The maximum Gasteiger partial charge on any atom is 0.0531 e. The Morgan fingerprint density at radius 1 is 0.683 bits per heavy atom. The first-order valence-electron chi connectivity index (χ1n) is 14.3. The second-order valence-corrected chi connectivity index (χ2v) is 10.5. The summed E-state index contributed by atoms with van der Waals surface area (Å²) in [6.45, 7) is 0.750. The van der Waals surface area contributed by atoms with Gasteiger partial charge in [-0.25, -0.2) is 0 Å². The quantitative estimate of drug-likeness (QED) is 0.177. The van der Waals surface area contributed by atoms with Crippen molar-refractivity contribution in [2.24, 2.45) is 5.73 Å². The maximum atomic E-state index is 6.72. The van der Waals surface area contributed by atoms with Crippen molar-refractivity contribution in [1.82, 2.24) is 10.3 Å². The molecular formula is C38H35N3. The van der Waals surface area contributed by atoms with Gasteiger partial charge in [0.1, 0.15) is 0 Å². The molecule has 1 aliphatic carbocycles. The molecule has 41 heavy (non-hydrogen) atoms. The fourth-order valence-corrected chi connectivity index (χ4v) is 5.39. The minimum Gasteiger partial charge on any atom is -0.399 e. The van der Waals surface area contributed by atoms with Gasteiger partial charge in [-0.15, -0.1) is 0 Å². The number of hydrogen-bond acceptors (Lipinski definition) is 2. The first-order valence-corrected chi connectivity index (χ1v) is 14.3. The van der Waals surface area contributed by atoms with Crippen LogP contribution in [0, 0.1) is 0 Å². The monoisotopic (exact) mass is 533 g/mol. The Morgan fingerprint density at radius 3 is 2.00 bits per heavy atom. The van der Waals surface area contributed by atoms with Crippen LogP contribution in [-0.4, -0.2) is 4.98 Å². The Hall–Kier alpha value is -4.86. The van der Waals surface area contributed by atoms with Crippen molar-refractivity contribution in [3.05, 3.63) is 174 Å². The second-order valence-electron chi connectivity index (χ2n) is 10.5. The van der Waals surface area contributed by atoms with E-state index in [4.69, 9.17) is 5.73 Å². The Labute approximate surface area is 242 Å². The molecule has 1 aromatic heterocycles. The smallest absolute Gasteiger partial charge is 0.0531 e. The van der Waals surface area contributed by atoms with E-state index < -0.39 is 0 Å². The van der Waals surface area contributed by atoms with Crippen LogP contribution in [0.3, 0.4) is 0 Å². The number of aromatic amines is 1. The Kier molecular flexibility index (Phi) is 8.07. The van der Waals surface area contributed by atoms with Crippen molar-refractivity contribution in [3.63, 3.8) is 0 Å². The van der Waals surface area contributed by atoms with E-state index in [0.717, 1.165) is 30.8 Å². The number of allylic oxidation sites excluding steroid dienone is 4. The third-order valence-electron chi connectivity index (χ3n) is 7.78. The summed E-state index contributed by atoms with van der Waals surface area (Å²) < 4.78 is 0. The van der Waals surface area contributed by atoms with E-state index in [1.807, 2.05) is 18.3 Å². The van der Waals surface area contributed by atoms with Crippen molar-refractivity contribution in [3.8, 4) is 22.4 Å². The summed E-state index contributed by atoms with van der Waals surface area (Å²) in [4.78, 5) is 3.28. The van der Waals surface area contributed by atoms with E-state index in [1.165, 1.54) is 44.5 Å². The number of H-pyrrole nitrogens is 1. The minimum absolute atomic E-state index is 0.0109.